The van der Waals surface area contributed by atoms with E-state index in [1.165, 1.54) is 6.20 Å². The summed E-state index contributed by atoms with van der Waals surface area (Å²) in [6, 6.07) is 0.347. The fourth-order valence-electron chi connectivity index (χ4n) is 2.40. The van der Waals surface area contributed by atoms with Crippen LogP contribution in [0.15, 0.2) is 6.20 Å². The second kappa shape index (κ2) is 3.33. The summed E-state index contributed by atoms with van der Waals surface area (Å²) >= 11 is 0. The highest BCUT2D eigenvalue weighted by atomic mass is 16.1. The Morgan fingerprint density at radius 2 is 2.44 bits per heavy atom. The van der Waals surface area contributed by atoms with Crippen LogP contribution in [0, 0.1) is 0 Å². The highest BCUT2D eigenvalue weighted by Crippen LogP contribution is 2.28. The summed E-state index contributed by atoms with van der Waals surface area (Å²) in [5, 5.41) is 2.89. The summed E-state index contributed by atoms with van der Waals surface area (Å²) in [6.45, 7) is 1.61. The lowest BCUT2D eigenvalue weighted by molar-refractivity contribution is 0.0955. The average Bonchev–Trinajstić information content (AvgIpc) is 2.69. The Morgan fingerprint density at radius 1 is 1.56 bits per heavy atom. The van der Waals surface area contributed by atoms with Gasteiger partial charge in [0.2, 0.25) is 5.95 Å². The Hall–Kier alpha value is -1.85. The van der Waals surface area contributed by atoms with Crippen molar-refractivity contribution >= 4 is 17.7 Å². The third-order valence-electron chi connectivity index (χ3n) is 3.18. The van der Waals surface area contributed by atoms with Crippen molar-refractivity contribution in [1.82, 2.24) is 15.3 Å². The first kappa shape index (κ1) is 9.38. The lowest BCUT2D eigenvalue weighted by Gasteiger charge is -2.23. The maximum atomic E-state index is 11.8. The van der Waals surface area contributed by atoms with E-state index in [0.29, 0.717) is 24.0 Å². The van der Waals surface area contributed by atoms with Crippen LogP contribution >= 0.6 is 0 Å². The zero-order chi connectivity index (χ0) is 11.1. The molecule has 0 spiro atoms. The van der Waals surface area contributed by atoms with E-state index in [-0.39, 0.29) is 11.9 Å². The molecule has 3 N–H and O–H groups in total. The molecule has 1 unspecified atom stereocenters. The molecular weight excluding hydrogens is 206 g/mol. The fraction of sp³-hybridized carbons (Fsp3) is 0.500. The van der Waals surface area contributed by atoms with Gasteiger partial charge in [0.15, 0.2) is 0 Å². The van der Waals surface area contributed by atoms with Crippen molar-refractivity contribution in [2.45, 2.75) is 18.9 Å². The molecule has 3 heterocycles. The molecular formula is C10H13N5O. The Bertz CT molecular complexity index is 447. The molecule has 2 aliphatic heterocycles. The van der Waals surface area contributed by atoms with Crippen molar-refractivity contribution in [3.8, 4) is 0 Å². The van der Waals surface area contributed by atoms with Crippen molar-refractivity contribution in [3.63, 3.8) is 0 Å². The molecule has 6 heteroatoms. The van der Waals surface area contributed by atoms with E-state index >= 15 is 0 Å². The van der Waals surface area contributed by atoms with E-state index in [0.717, 1.165) is 19.4 Å². The zero-order valence-corrected chi connectivity index (χ0v) is 8.81. The molecule has 1 aromatic heterocycles. The standard InChI is InChI=1S/C10H13N5O/c11-10-13-5-7-8(14-10)15-3-1-2-6(15)4-12-9(7)16/h5-6H,1-4H2,(H,12,16)(H2,11,13,14). The van der Waals surface area contributed by atoms with E-state index in [1.807, 2.05) is 0 Å². The van der Waals surface area contributed by atoms with Crippen molar-refractivity contribution in [2.75, 3.05) is 23.7 Å². The summed E-state index contributed by atoms with van der Waals surface area (Å²) in [4.78, 5) is 22.0. The molecule has 16 heavy (non-hydrogen) atoms. The first-order valence-corrected chi connectivity index (χ1v) is 5.43. The van der Waals surface area contributed by atoms with Crippen LogP contribution in [0.5, 0.6) is 0 Å². The first-order chi connectivity index (χ1) is 7.75. The van der Waals surface area contributed by atoms with Crippen LogP contribution in [0.4, 0.5) is 11.8 Å². The van der Waals surface area contributed by atoms with Crippen LogP contribution in [-0.4, -0.2) is 35.0 Å². The third-order valence-corrected chi connectivity index (χ3v) is 3.18. The number of amides is 1. The van der Waals surface area contributed by atoms with Gasteiger partial charge < -0.3 is 16.0 Å². The van der Waals surface area contributed by atoms with Crippen LogP contribution in [-0.2, 0) is 0 Å². The number of nitrogens with two attached hydrogens (primary N) is 1. The minimum absolute atomic E-state index is 0.107. The number of nitrogen functional groups attached to an aromatic ring is 1. The number of nitrogens with one attached hydrogen (secondary N) is 1. The maximum Gasteiger partial charge on any atom is 0.256 e. The predicted octanol–water partition coefficient (Wildman–Crippen LogP) is -0.229. The number of nitrogens with zero attached hydrogens (tertiary/aromatic N) is 3. The molecule has 0 bridgehead atoms. The summed E-state index contributed by atoms with van der Waals surface area (Å²) in [6.07, 6.45) is 3.72. The molecule has 0 aliphatic carbocycles. The molecule has 0 aromatic carbocycles. The molecule has 1 aromatic rings. The number of aromatic nitrogens is 2. The molecule has 84 valence electrons. The third kappa shape index (κ3) is 1.30. The van der Waals surface area contributed by atoms with E-state index in [4.69, 9.17) is 5.73 Å². The fourth-order valence-corrected chi connectivity index (χ4v) is 2.40. The Kier molecular flexibility index (Phi) is 1.95. The quantitative estimate of drug-likeness (QED) is 0.629. The van der Waals surface area contributed by atoms with Gasteiger partial charge in [0.05, 0.1) is 0 Å². The number of fused-ring (bicyclic) bond motifs is 3. The lowest BCUT2D eigenvalue weighted by Crippen LogP contribution is -2.36. The van der Waals surface area contributed by atoms with Gasteiger partial charge >= 0.3 is 0 Å². The molecule has 1 amide bonds. The number of hydrogen-bond acceptors (Lipinski definition) is 5. The predicted molar refractivity (Wildman–Crippen MR) is 59.1 cm³/mol. The lowest BCUT2D eigenvalue weighted by atomic mass is 10.2. The van der Waals surface area contributed by atoms with Crippen LogP contribution in [0.3, 0.4) is 0 Å². The minimum atomic E-state index is -0.107. The average molecular weight is 219 g/mol. The smallest absolute Gasteiger partial charge is 0.256 e. The van der Waals surface area contributed by atoms with E-state index < -0.39 is 0 Å². The molecule has 2 aliphatic rings. The Balaban J connectivity index is 2.13. The van der Waals surface area contributed by atoms with Gasteiger partial charge in [-0.2, -0.15) is 4.98 Å². The number of hydrogen-bond donors (Lipinski definition) is 2. The van der Waals surface area contributed by atoms with Crippen molar-refractivity contribution < 1.29 is 4.79 Å². The summed E-state index contributed by atoms with van der Waals surface area (Å²) < 4.78 is 0. The van der Waals surface area contributed by atoms with E-state index in [2.05, 4.69) is 20.2 Å². The second-order valence-electron chi connectivity index (χ2n) is 4.16. The normalized spacial score (nSPS) is 23.4. The van der Waals surface area contributed by atoms with Gasteiger partial charge in [-0.1, -0.05) is 0 Å². The van der Waals surface area contributed by atoms with Crippen LogP contribution in [0.2, 0.25) is 0 Å². The molecule has 1 saturated heterocycles. The van der Waals surface area contributed by atoms with Crippen molar-refractivity contribution in [1.29, 1.82) is 0 Å². The van der Waals surface area contributed by atoms with Gasteiger partial charge in [-0.25, -0.2) is 4.98 Å². The minimum Gasteiger partial charge on any atom is -0.368 e. The van der Waals surface area contributed by atoms with Gasteiger partial charge in [-0.15, -0.1) is 0 Å². The number of rotatable bonds is 0. The second-order valence-corrected chi connectivity index (χ2v) is 4.16. The molecule has 1 fully saturated rings. The van der Waals surface area contributed by atoms with Crippen molar-refractivity contribution in [3.05, 3.63) is 11.8 Å². The molecule has 1 atom stereocenters. The SMILES string of the molecule is Nc1ncc2c(n1)N1CCCC1CNC2=O. The van der Waals surface area contributed by atoms with Crippen LogP contribution in [0.25, 0.3) is 0 Å². The largest absolute Gasteiger partial charge is 0.368 e. The van der Waals surface area contributed by atoms with Gasteiger partial charge in [-0.05, 0) is 12.8 Å². The molecule has 3 rings (SSSR count). The summed E-state index contributed by atoms with van der Waals surface area (Å²) in [5.41, 5.74) is 6.11. The topological polar surface area (TPSA) is 84.1 Å². The summed E-state index contributed by atoms with van der Waals surface area (Å²) in [5.74, 6) is 0.800. The number of carbonyl (C=O) groups is 1. The highest BCUT2D eigenvalue weighted by Gasteiger charge is 2.32. The molecule has 6 nitrogen and oxygen atoms in total. The van der Waals surface area contributed by atoms with Crippen LogP contribution in [0.1, 0.15) is 23.2 Å². The number of anilines is 2. The Labute approximate surface area is 92.9 Å². The molecule has 0 saturated carbocycles. The van der Waals surface area contributed by atoms with E-state index in [9.17, 15) is 4.79 Å². The first-order valence-electron chi connectivity index (χ1n) is 5.43. The highest BCUT2D eigenvalue weighted by molar-refractivity contribution is 5.99. The monoisotopic (exact) mass is 219 g/mol. The van der Waals surface area contributed by atoms with Crippen LogP contribution < -0.4 is 16.0 Å². The number of carbonyl (C=O) groups excluding carboxylic acids is 1. The zero-order valence-electron chi connectivity index (χ0n) is 8.81. The van der Waals surface area contributed by atoms with Gasteiger partial charge in [0, 0.05) is 25.3 Å². The maximum absolute atomic E-state index is 11.8. The van der Waals surface area contributed by atoms with E-state index in [1.54, 1.807) is 0 Å². The Morgan fingerprint density at radius 3 is 3.31 bits per heavy atom. The van der Waals surface area contributed by atoms with Gasteiger partial charge in [0.25, 0.3) is 5.91 Å². The van der Waals surface area contributed by atoms with Gasteiger partial charge in [0.1, 0.15) is 11.4 Å². The molecule has 0 radical (unpaired) electrons. The van der Waals surface area contributed by atoms with Gasteiger partial charge in [-0.3, -0.25) is 4.79 Å². The summed E-state index contributed by atoms with van der Waals surface area (Å²) in [7, 11) is 0. The van der Waals surface area contributed by atoms with Crippen molar-refractivity contribution in [2.24, 2.45) is 0 Å².